The zero-order valence-corrected chi connectivity index (χ0v) is 18.2. The smallest absolute Gasteiger partial charge is 0.462 e. The molecule has 2 heterocycles. The Hall–Kier alpha value is -3.27. The molecule has 0 amide bonds. The lowest BCUT2D eigenvalue weighted by molar-refractivity contribution is 0.0525. The zero-order valence-electron chi connectivity index (χ0n) is 17.3. The van der Waals surface area contributed by atoms with Crippen LogP contribution in [0.15, 0.2) is 55.1 Å². The molecular formula is C19H23N4O7P. The second-order valence-corrected chi connectivity index (χ2v) is 7.62. The Bertz CT molecular complexity index is 997. The molecule has 0 radical (unpaired) electrons. The Morgan fingerprint density at radius 2 is 1.77 bits per heavy atom. The summed E-state index contributed by atoms with van der Waals surface area (Å²) in [5, 5.41) is 10.2. The molecule has 0 bridgehead atoms. The van der Waals surface area contributed by atoms with E-state index in [1.165, 1.54) is 24.8 Å². The van der Waals surface area contributed by atoms with Crippen molar-refractivity contribution in [1.29, 1.82) is 0 Å². The van der Waals surface area contributed by atoms with E-state index in [0.29, 0.717) is 18.7 Å². The number of hydrogen-bond acceptors (Lipinski definition) is 9. The molecular weight excluding hydrogens is 427 g/mol. The predicted octanol–water partition coefficient (Wildman–Crippen LogP) is 3.08. The Labute approximate surface area is 178 Å². The summed E-state index contributed by atoms with van der Waals surface area (Å²) in [5.41, 5.74) is 1.67. The summed E-state index contributed by atoms with van der Waals surface area (Å²) in [6.07, 6.45) is 5.77. The summed E-state index contributed by atoms with van der Waals surface area (Å²) in [7, 11) is -1.58. The van der Waals surface area contributed by atoms with Gasteiger partial charge in [0.25, 0.3) is 0 Å². The number of H-pyrrole nitrogens is 1. The largest absolute Gasteiger partial charge is 0.531 e. The Morgan fingerprint density at radius 1 is 1.06 bits per heavy atom. The number of phosphoric acid groups is 1. The third-order valence-electron chi connectivity index (χ3n) is 3.71. The number of esters is 1. The second-order valence-electron chi connectivity index (χ2n) is 5.81. The molecule has 0 aliphatic rings. The van der Waals surface area contributed by atoms with E-state index in [1.54, 1.807) is 11.6 Å². The van der Waals surface area contributed by atoms with Gasteiger partial charge in [-0.15, -0.1) is 0 Å². The quantitative estimate of drug-likeness (QED) is 0.406. The Morgan fingerprint density at radius 3 is 2.35 bits per heavy atom. The fourth-order valence-electron chi connectivity index (χ4n) is 2.21. The third kappa shape index (κ3) is 7.49. The van der Waals surface area contributed by atoms with E-state index in [2.05, 4.69) is 29.1 Å². The number of hydrogen-bond donors (Lipinski definition) is 1. The van der Waals surface area contributed by atoms with Gasteiger partial charge in [0.15, 0.2) is 0 Å². The molecule has 3 aromatic rings. The summed E-state index contributed by atoms with van der Waals surface area (Å²) in [6, 6.07) is 9.65. The average Bonchev–Trinajstić information content (AvgIpc) is 3.48. The van der Waals surface area contributed by atoms with Crippen molar-refractivity contribution in [3.8, 4) is 0 Å². The highest BCUT2D eigenvalue weighted by Gasteiger charge is 2.29. The maximum absolute atomic E-state index is 11.8. The van der Waals surface area contributed by atoms with Crippen LogP contribution in [0.4, 0.5) is 0 Å². The Balaban J connectivity index is 0.000000285. The van der Waals surface area contributed by atoms with Crippen molar-refractivity contribution >= 4 is 19.8 Å². The van der Waals surface area contributed by atoms with Crippen molar-refractivity contribution < 1.29 is 32.5 Å². The monoisotopic (exact) mass is 450 g/mol. The molecule has 11 nitrogen and oxygen atoms in total. The van der Waals surface area contributed by atoms with Crippen LogP contribution in [-0.2, 0) is 29.4 Å². The number of phosphoric ester groups is 1. The topological polar surface area (TPSA) is 135 Å². The number of aromatic amines is 1. The van der Waals surface area contributed by atoms with Crippen molar-refractivity contribution in [2.24, 2.45) is 0 Å². The van der Waals surface area contributed by atoms with Crippen LogP contribution in [-0.4, -0.2) is 52.7 Å². The minimum Gasteiger partial charge on any atom is -0.462 e. The van der Waals surface area contributed by atoms with Crippen molar-refractivity contribution in [3.05, 3.63) is 71.8 Å². The molecule has 12 heteroatoms. The molecule has 0 unspecified atom stereocenters. The fourth-order valence-corrected chi connectivity index (χ4v) is 2.81. The van der Waals surface area contributed by atoms with Gasteiger partial charge in [-0.2, -0.15) is 10.2 Å². The summed E-state index contributed by atoms with van der Waals surface area (Å²) < 4.78 is 31.8. The van der Waals surface area contributed by atoms with E-state index in [4.69, 9.17) is 4.52 Å². The van der Waals surface area contributed by atoms with Gasteiger partial charge in [-0.3, -0.25) is 18.8 Å². The van der Waals surface area contributed by atoms with Crippen LogP contribution in [0, 0.1) is 0 Å². The maximum atomic E-state index is 11.8. The van der Waals surface area contributed by atoms with Gasteiger partial charge in [0.2, 0.25) is 0 Å². The molecule has 0 spiro atoms. The normalized spacial score (nSPS) is 10.7. The molecule has 166 valence electrons. The first kappa shape index (κ1) is 24.0. The number of nitrogens with zero attached hydrogens (tertiary/aromatic N) is 3. The first-order chi connectivity index (χ1) is 14.9. The van der Waals surface area contributed by atoms with E-state index in [0.717, 1.165) is 19.8 Å². The molecule has 0 aliphatic heterocycles. The van der Waals surface area contributed by atoms with Crippen molar-refractivity contribution in [3.63, 3.8) is 0 Å². The number of rotatable bonds is 8. The van der Waals surface area contributed by atoms with Crippen LogP contribution in [0.3, 0.4) is 0 Å². The van der Waals surface area contributed by atoms with Crippen molar-refractivity contribution in [2.45, 2.75) is 13.5 Å². The molecule has 0 fully saturated rings. The lowest BCUT2D eigenvalue weighted by Crippen LogP contribution is -2.05. The summed E-state index contributed by atoms with van der Waals surface area (Å²) in [6.45, 7) is 2.67. The van der Waals surface area contributed by atoms with Crippen LogP contribution in [0.5, 0.6) is 0 Å². The average molecular weight is 450 g/mol. The SMILES string of the molecule is CCOC(=O)c1cn[nH]c1.COP(=O)(OC)OC(=O)c1cnn(Cc2ccccc2)c1. The summed E-state index contributed by atoms with van der Waals surface area (Å²) >= 11 is 0. The molecule has 0 aliphatic carbocycles. The van der Waals surface area contributed by atoms with E-state index in [1.807, 2.05) is 30.3 Å². The summed E-state index contributed by atoms with van der Waals surface area (Å²) in [5.74, 6) is -1.16. The van der Waals surface area contributed by atoms with Gasteiger partial charge >= 0.3 is 19.8 Å². The first-order valence-corrected chi connectivity index (χ1v) is 10.5. The number of benzene rings is 1. The second kappa shape index (κ2) is 11.8. The minimum atomic E-state index is -3.85. The maximum Gasteiger partial charge on any atom is 0.531 e. The van der Waals surface area contributed by atoms with Crippen LogP contribution >= 0.6 is 7.82 Å². The van der Waals surface area contributed by atoms with Gasteiger partial charge in [-0.05, 0) is 12.5 Å². The van der Waals surface area contributed by atoms with E-state index < -0.39 is 13.8 Å². The number of aromatic nitrogens is 4. The van der Waals surface area contributed by atoms with Crippen molar-refractivity contribution in [2.75, 3.05) is 20.8 Å². The van der Waals surface area contributed by atoms with Crippen LogP contribution in [0.2, 0.25) is 0 Å². The van der Waals surface area contributed by atoms with Crippen LogP contribution < -0.4 is 0 Å². The van der Waals surface area contributed by atoms with Gasteiger partial charge in [-0.25, -0.2) is 14.2 Å². The third-order valence-corrected chi connectivity index (χ3v) is 4.99. The minimum absolute atomic E-state index is 0.167. The van der Waals surface area contributed by atoms with E-state index >= 15 is 0 Å². The molecule has 1 aromatic carbocycles. The van der Waals surface area contributed by atoms with Crippen molar-refractivity contribution in [1.82, 2.24) is 20.0 Å². The molecule has 0 saturated heterocycles. The van der Waals surface area contributed by atoms with E-state index in [-0.39, 0.29) is 11.5 Å². The van der Waals surface area contributed by atoms with Gasteiger partial charge in [0, 0.05) is 26.6 Å². The zero-order chi connectivity index (χ0) is 22.7. The highest BCUT2D eigenvalue weighted by Crippen LogP contribution is 2.48. The van der Waals surface area contributed by atoms with Crippen LogP contribution in [0.1, 0.15) is 33.2 Å². The number of carbonyl (C=O) groups is 2. The van der Waals surface area contributed by atoms with Gasteiger partial charge in [0.1, 0.15) is 0 Å². The van der Waals surface area contributed by atoms with E-state index in [9.17, 15) is 14.2 Å². The first-order valence-electron chi connectivity index (χ1n) is 9.08. The molecule has 0 atom stereocenters. The highest BCUT2D eigenvalue weighted by molar-refractivity contribution is 7.49. The van der Waals surface area contributed by atoms with Gasteiger partial charge < -0.3 is 9.26 Å². The molecule has 2 aromatic heterocycles. The lowest BCUT2D eigenvalue weighted by atomic mass is 10.2. The van der Waals surface area contributed by atoms with Gasteiger partial charge in [0.05, 0.1) is 36.7 Å². The fraction of sp³-hybridized carbons (Fsp3) is 0.263. The molecule has 0 saturated carbocycles. The molecule has 3 rings (SSSR count). The van der Waals surface area contributed by atoms with Gasteiger partial charge in [-0.1, -0.05) is 30.3 Å². The number of nitrogens with one attached hydrogen (secondary N) is 1. The standard InChI is InChI=1S/C13H15N2O5P.C6H8N2O2/c1-18-21(17,19-2)20-13(16)12-8-14-15(10-12)9-11-6-4-3-5-7-11;1-2-10-6(9)5-3-7-8-4-5/h3-8,10H,9H2,1-2H3;3-4H,2H2,1H3,(H,7,8). The number of carbonyl (C=O) groups excluding carboxylic acids is 2. The summed E-state index contributed by atoms with van der Waals surface area (Å²) in [4.78, 5) is 22.7. The highest BCUT2D eigenvalue weighted by atomic mass is 31.2. The molecule has 1 N–H and O–H groups in total. The predicted molar refractivity (Wildman–Crippen MR) is 109 cm³/mol. The number of ether oxygens (including phenoxy) is 1. The van der Waals surface area contributed by atoms with Crippen LogP contribution in [0.25, 0.3) is 0 Å². The molecule has 31 heavy (non-hydrogen) atoms. The Kier molecular flexibility index (Phi) is 9.13. The lowest BCUT2D eigenvalue weighted by Gasteiger charge is -2.11.